The molecule has 0 aliphatic carbocycles. The molecule has 19 heavy (non-hydrogen) atoms. The summed E-state index contributed by atoms with van der Waals surface area (Å²) in [5.74, 6) is 0.816. The maximum Gasteiger partial charge on any atom is 0.255 e. The topological polar surface area (TPSA) is 20.3 Å². The van der Waals surface area contributed by atoms with E-state index in [9.17, 15) is 4.79 Å². The van der Waals surface area contributed by atoms with E-state index in [4.69, 9.17) is 11.6 Å². The van der Waals surface area contributed by atoms with Crippen molar-refractivity contribution in [1.29, 1.82) is 0 Å². The molecule has 1 aliphatic rings. The van der Waals surface area contributed by atoms with Gasteiger partial charge in [-0.15, -0.1) is 11.6 Å². The molecule has 1 saturated heterocycles. The predicted octanol–water partition coefficient (Wildman–Crippen LogP) is 4.38. The lowest BCUT2D eigenvalue weighted by atomic mass is 10.1. The van der Waals surface area contributed by atoms with Gasteiger partial charge >= 0.3 is 0 Å². The van der Waals surface area contributed by atoms with Crippen molar-refractivity contribution in [3.63, 3.8) is 0 Å². The molecule has 2 rings (SSSR count). The summed E-state index contributed by atoms with van der Waals surface area (Å²) in [6.07, 6.45) is 4.19. The van der Waals surface area contributed by atoms with Gasteiger partial charge in [-0.05, 0) is 66.2 Å². The molecule has 2 nitrogen and oxygen atoms in total. The Kier molecular flexibility index (Phi) is 5.28. The third-order valence-electron chi connectivity index (χ3n) is 3.66. The predicted molar refractivity (Wildman–Crippen MR) is 82.9 cm³/mol. The van der Waals surface area contributed by atoms with Crippen LogP contribution in [0.4, 0.5) is 0 Å². The number of rotatable bonds is 4. The van der Waals surface area contributed by atoms with Crippen molar-refractivity contribution in [2.75, 3.05) is 12.4 Å². The lowest BCUT2D eigenvalue weighted by molar-refractivity contribution is 0.0729. The summed E-state index contributed by atoms with van der Waals surface area (Å²) in [4.78, 5) is 14.6. The number of benzene rings is 1. The van der Waals surface area contributed by atoms with Gasteiger partial charge in [-0.1, -0.05) is 6.07 Å². The van der Waals surface area contributed by atoms with Crippen LogP contribution in [0.25, 0.3) is 0 Å². The zero-order chi connectivity index (χ0) is 13.8. The minimum atomic E-state index is 0.143. The van der Waals surface area contributed by atoms with Crippen molar-refractivity contribution in [1.82, 2.24) is 4.90 Å². The van der Waals surface area contributed by atoms with Gasteiger partial charge in [-0.3, -0.25) is 4.79 Å². The number of hydrogen-bond acceptors (Lipinski definition) is 1. The van der Waals surface area contributed by atoms with Crippen LogP contribution in [0.5, 0.6) is 0 Å². The van der Waals surface area contributed by atoms with Gasteiger partial charge in [-0.2, -0.15) is 0 Å². The number of carbonyl (C=O) groups excluding carboxylic acids is 1. The molecule has 0 spiro atoms. The van der Waals surface area contributed by atoms with Crippen LogP contribution in [-0.2, 0) is 0 Å². The third kappa shape index (κ3) is 3.51. The quantitative estimate of drug-likeness (QED) is 0.742. The smallest absolute Gasteiger partial charge is 0.255 e. The number of halogens is 2. The van der Waals surface area contributed by atoms with Gasteiger partial charge in [0, 0.05) is 22.9 Å². The molecule has 104 valence electrons. The average molecular weight is 345 g/mol. The third-order valence-corrected chi connectivity index (χ3v) is 4.59. The Morgan fingerprint density at radius 1 is 1.53 bits per heavy atom. The first-order valence-electron chi connectivity index (χ1n) is 6.76. The Hall–Kier alpha value is -0.540. The Morgan fingerprint density at radius 3 is 3.00 bits per heavy atom. The maximum atomic E-state index is 12.6. The lowest BCUT2D eigenvalue weighted by Crippen LogP contribution is -2.35. The Balaban J connectivity index is 2.13. The first-order valence-corrected chi connectivity index (χ1v) is 8.09. The van der Waals surface area contributed by atoms with E-state index in [0.717, 1.165) is 47.8 Å². The largest absolute Gasteiger partial charge is 0.336 e. The Morgan fingerprint density at radius 2 is 2.32 bits per heavy atom. The number of carbonyl (C=O) groups is 1. The molecule has 1 aromatic carbocycles. The van der Waals surface area contributed by atoms with Crippen LogP contribution < -0.4 is 0 Å². The Bertz CT molecular complexity index is 463. The fourth-order valence-electron chi connectivity index (χ4n) is 2.66. The molecule has 0 bridgehead atoms. The molecular formula is C15H19BrClNO. The van der Waals surface area contributed by atoms with E-state index < -0.39 is 0 Å². The van der Waals surface area contributed by atoms with Gasteiger partial charge < -0.3 is 4.90 Å². The monoisotopic (exact) mass is 343 g/mol. The molecule has 1 aromatic rings. The van der Waals surface area contributed by atoms with Crippen molar-refractivity contribution in [2.45, 2.75) is 38.6 Å². The molecule has 0 saturated carbocycles. The number of nitrogens with zero attached hydrogens (tertiary/aromatic N) is 1. The normalized spacial score (nSPS) is 18.9. The van der Waals surface area contributed by atoms with Crippen molar-refractivity contribution in [3.05, 3.63) is 33.8 Å². The van der Waals surface area contributed by atoms with E-state index in [1.165, 1.54) is 0 Å². The molecule has 1 aliphatic heterocycles. The molecule has 1 atom stereocenters. The van der Waals surface area contributed by atoms with Crippen LogP contribution in [0.2, 0.25) is 0 Å². The van der Waals surface area contributed by atoms with Crippen molar-refractivity contribution < 1.29 is 4.79 Å². The molecule has 0 radical (unpaired) electrons. The SMILES string of the molecule is Cc1ccc(C(=O)N2CCCC2CCCCl)c(Br)c1. The van der Waals surface area contributed by atoms with Gasteiger partial charge in [0.2, 0.25) is 0 Å². The minimum Gasteiger partial charge on any atom is -0.336 e. The fraction of sp³-hybridized carbons (Fsp3) is 0.533. The number of alkyl halides is 1. The standard InChI is InChI=1S/C15H19BrClNO/c1-11-6-7-13(14(16)10-11)15(19)18-9-3-5-12(18)4-2-8-17/h6-7,10,12H,2-5,8-9H2,1H3. The summed E-state index contributed by atoms with van der Waals surface area (Å²) in [5.41, 5.74) is 1.92. The second kappa shape index (κ2) is 6.76. The second-order valence-corrected chi connectivity index (χ2v) is 6.34. The molecule has 1 unspecified atom stereocenters. The van der Waals surface area contributed by atoms with Crippen molar-refractivity contribution in [3.8, 4) is 0 Å². The summed E-state index contributed by atoms with van der Waals surface area (Å²) in [6, 6.07) is 6.26. The molecule has 1 heterocycles. The first-order chi connectivity index (χ1) is 9.13. The van der Waals surface area contributed by atoms with E-state index in [1.807, 2.05) is 30.0 Å². The zero-order valence-electron chi connectivity index (χ0n) is 11.2. The van der Waals surface area contributed by atoms with Gasteiger partial charge in [0.25, 0.3) is 5.91 Å². The van der Waals surface area contributed by atoms with Crippen LogP contribution in [-0.4, -0.2) is 29.3 Å². The minimum absolute atomic E-state index is 0.143. The lowest BCUT2D eigenvalue weighted by Gasteiger charge is -2.25. The summed E-state index contributed by atoms with van der Waals surface area (Å²) in [6.45, 7) is 2.89. The summed E-state index contributed by atoms with van der Waals surface area (Å²) < 4.78 is 0.889. The van der Waals surface area contributed by atoms with E-state index in [2.05, 4.69) is 15.9 Å². The fourth-order valence-corrected chi connectivity index (χ4v) is 3.48. The number of likely N-dealkylation sites (tertiary alicyclic amines) is 1. The molecule has 4 heteroatoms. The molecule has 0 N–H and O–H groups in total. The van der Waals surface area contributed by atoms with Crippen LogP contribution in [0.3, 0.4) is 0 Å². The number of hydrogen-bond donors (Lipinski definition) is 0. The number of amides is 1. The highest BCUT2D eigenvalue weighted by molar-refractivity contribution is 9.10. The number of aryl methyl sites for hydroxylation is 1. The summed E-state index contributed by atoms with van der Waals surface area (Å²) >= 11 is 9.25. The van der Waals surface area contributed by atoms with Gasteiger partial charge in [0.15, 0.2) is 0 Å². The van der Waals surface area contributed by atoms with Crippen LogP contribution in [0.1, 0.15) is 41.6 Å². The van der Waals surface area contributed by atoms with Gasteiger partial charge in [-0.25, -0.2) is 0 Å². The second-order valence-electron chi connectivity index (χ2n) is 5.11. The highest BCUT2D eigenvalue weighted by Crippen LogP contribution is 2.27. The average Bonchev–Trinajstić information content (AvgIpc) is 2.83. The molecule has 0 aromatic heterocycles. The molecule has 1 amide bonds. The van der Waals surface area contributed by atoms with E-state index in [1.54, 1.807) is 0 Å². The molecular weight excluding hydrogens is 326 g/mol. The maximum absolute atomic E-state index is 12.6. The molecule has 1 fully saturated rings. The van der Waals surface area contributed by atoms with Gasteiger partial charge in [0.05, 0.1) is 5.56 Å². The highest BCUT2D eigenvalue weighted by atomic mass is 79.9. The highest BCUT2D eigenvalue weighted by Gasteiger charge is 2.29. The zero-order valence-corrected chi connectivity index (χ0v) is 13.5. The van der Waals surface area contributed by atoms with E-state index >= 15 is 0 Å². The van der Waals surface area contributed by atoms with Crippen LogP contribution in [0, 0.1) is 6.92 Å². The van der Waals surface area contributed by atoms with E-state index in [0.29, 0.717) is 11.9 Å². The van der Waals surface area contributed by atoms with Crippen LogP contribution in [0.15, 0.2) is 22.7 Å². The first kappa shape index (κ1) is 14.9. The summed E-state index contributed by atoms with van der Waals surface area (Å²) in [7, 11) is 0. The Labute approximate surface area is 128 Å². The van der Waals surface area contributed by atoms with Crippen molar-refractivity contribution >= 4 is 33.4 Å². The van der Waals surface area contributed by atoms with Gasteiger partial charge in [0.1, 0.15) is 0 Å². The van der Waals surface area contributed by atoms with E-state index in [-0.39, 0.29) is 5.91 Å². The van der Waals surface area contributed by atoms with Crippen LogP contribution >= 0.6 is 27.5 Å². The van der Waals surface area contributed by atoms with Crippen molar-refractivity contribution in [2.24, 2.45) is 0 Å². The summed E-state index contributed by atoms with van der Waals surface area (Å²) in [5, 5.41) is 0.